The number of anilines is 1. The lowest BCUT2D eigenvalue weighted by atomic mass is 10.2. The zero-order valence-corrected chi connectivity index (χ0v) is 10.8. The number of halogens is 1. The molecule has 0 aliphatic rings. The predicted octanol–water partition coefficient (Wildman–Crippen LogP) is 3.71. The third kappa shape index (κ3) is 2.96. The van der Waals surface area contributed by atoms with Crippen molar-refractivity contribution in [1.82, 2.24) is 0 Å². The number of nitrogens with two attached hydrogens (primary N) is 1. The third-order valence-electron chi connectivity index (χ3n) is 2.53. The summed E-state index contributed by atoms with van der Waals surface area (Å²) in [5, 5.41) is 0. The fourth-order valence-corrected chi connectivity index (χ4v) is 2.57. The molecule has 0 radical (unpaired) electrons. The summed E-state index contributed by atoms with van der Waals surface area (Å²) in [7, 11) is 1.60. The molecule has 4 heteroatoms. The van der Waals surface area contributed by atoms with Crippen molar-refractivity contribution in [1.29, 1.82) is 0 Å². The third-order valence-corrected chi connectivity index (χ3v) is 3.63. The van der Waals surface area contributed by atoms with Crippen LogP contribution in [-0.4, -0.2) is 7.11 Å². The van der Waals surface area contributed by atoms with E-state index in [0.29, 0.717) is 17.0 Å². The zero-order valence-electron chi connectivity index (χ0n) is 10.0. The van der Waals surface area contributed by atoms with E-state index >= 15 is 0 Å². The molecule has 0 aliphatic carbocycles. The number of thioether (sulfide) groups is 1. The zero-order chi connectivity index (χ0) is 13.0. The minimum Gasteiger partial charge on any atom is -0.496 e. The molecule has 0 saturated heterocycles. The largest absolute Gasteiger partial charge is 0.496 e. The van der Waals surface area contributed by atoms with Crippen molar-refractivity contribution in [2.24, 2.45) is 0 Å². The summed E-state index contributed by atoms with van der Waals surface area (Å²) < 4.78 is 18.7. The fraction of sp³-hybridized carbons (Fsp3) is 0.143. The standard InChI is InChI=1S/C14H14FNOS/c1-17-13-8-11(16)6-7-14(13)18-9-10-4-2-3-5-12(10)15/h2-8H,9,16H2,1H3. The summed E-state index contributed by atoms with van der Waals surface area (Å²) in [5.74, 6) is 1.10. The van der Waals surface area contributed by atoms with Gasteiger partial charge in [-0.25, -0.2) is 4.39 Å². The van der Waals surface area contributed by atoms with Crippen molar-refractivity contribution in [2.45, 2.75) is 10.6 Å². The van der Waals surface area contributed by atoms with Gasteiger partial charge >= 0.3 is 0 Å². The molecule has 0 unspecified atom stereocenters. The molecule has 0 aromatic heterocycles. The Morgan fingerprint density at radius 3 is 2.72 bits per heavy atom. The molecule has 18 heavy (non-hydrogen) atoms. The van der Waals surface area contributed by atoms with Gasteiger partial charge in [0.2, 0.25) is 0 Å². The maximum absolute atomic E-state index is 13.5. The molecule has 2 aromatic carbocycles. The first-order valence-corrected chi connectivity index (χ1v) is 6.49. The second-order valence-electron chi connectivity index (χ2n) is 3.79. The highest BCUT2D eigenvalue weighted by molar-refractivity contribution is 7.98. The normalized spacial score (nSPS) is 10.3. The van der Waals surface area contributed by atoms with Gasteiger partial charge in [-0.15, -0.1) is 11.8 Å². The second-order valence-corrected chi connectivity index (χ2v) is 4.81. The van der Waals surface area contributed by atoms with Gasteiger partial charge in [0.1, 0.15) is 11.6 Å². The predicted molar refractivity (Wildman–Crippen MR) is 73.4 cm³/mol. The van der Waals surface area contributed by atoms with Gasteiger partial charge in [-0.3, -0.25) is 0 Å². The Morgan fingerprint density at radius 2 is 2.00 bits per heavy atom. The van der Waals surface area contributed by atoms with E-state index in [0.717, 1.165) is 10.6 Å². The molecule has 0 spiro atoms. The molecular formula is C14H14FNOS. The minimum atomic E-state index is -0.181. The summed E-state index contributed by atoms with van der Waals surface area (Å²) in [5.41, 5.74) is 7.02. The highest BCUT2D eigenvalue weighted by Gasteiger charge is 2.06. The number of methoxy groups -OCH3 is 1. The number of hydrogen-bond donors (Lipinski definition) is 1. The van der Waals surface area contributed by atoms with Crippen LogP contribution < -0.4 is 10.5 Å². The number of hydrogen-bond acceptors (Lipinski definition) is 3. The second kappa shape index (κ2) is 5.78. The average molecular weight is 263 g/mol. The fourth-order valence-electron chi connectivity index (χ4n) is 1.57. The van der Waals surface area contributed by atoms with Crippen LogP contribution in [0.25, 0.3) is 0 Å². The maximum Gasteiger partial charge on any atom is 0.134 e. The quantitative estimate of drug-likeness (QED) is 0.674. The van der Waals surface area contributed by atoms with Crippen LogP contribution in [0.4, 0.5) is 10.1 Å². The van der Waals surface area contributed by atoms with E-state index in [1.54, 1.807) is 25.3 Å². The van der Waals surface area contributed by atoms with E-state index in [9.17, 15) is 4.39 Å². The number of ether oxygens (including phenoxy) is 1. The molecule has 0 atom stereocenters. The van der Waals surface area contributed by atoms with Crippen molar-refractivity contribution >= 4 is 17.4 Å². The molecule has 0 saturated carbocycles. The molecule has 0 heterocycles. The molecule has 2 nitrogen and oxygen atoms in total. The van der Waals surface area contributed by atoms with E-state index in [1.807, 2.05) is 18.2 Å². The first kappa shape index (κ1) is 12.8. The van der Waals surface area contributed by atoms with E-state index < -0.39 is 0 Å². The van der Waals surface area contributed by atoms with E-state index in [4.69, 9.17) is 10.5 Å². The van der Waals surface area contributed by atoms with Crippen LogP contribution in [0.5, 0.6) is 5.75 Å². The topological polar surface area (TPSA) is 35.2 Å². The van der Waals surface area contributed by atoms with Crippen LogP contribution in [-0.2, 0) is 5.75 Å². The summed E-state index contributed by atoms with van der Waals surface area (Å²) in [6, 6.07) is 12.2. The lowest BCUT2D eigenvalue weighted by Crippen LogP contribution is -1.91. The van der Waals surface area contributed by atoms with Crippen LogP contribution in [0.2, 0.25) is 0 Å². The smallest absolute Gasteiger partial charge is 0.134 e. The molecule has 2 aromatic rings. The van der Waals surface area contributed by atoms with Gasteiger partial charge in [0.25, 0.3) is 0 Å². The highest BCUT2D eigenvalue weighted by Crippen LogP contribution is 2.33. The summed E-state index contributed by atoms with van der Waals surface area (Å²) in [6.07, 6.45) is 0. The van der Waals surface area contributed by atoms with Crippen LogP contribution in [0.15, 0.2) is 47.4 Å². The first-order valence-electron chi connectivity index (χ1n) is 5.50. The molecule has 0 aliphatic heterocycles. The van der Waals surface area contributed by atoms with Gasteiger partial charge in [-0.1, -0.05) is 18.2 Å². The number of benzene rings is 2. The Labute approximate surface area is 110 Å². The average Bonchev–Trinajstić information content (AvgIpc) is 2.39. The van der Waals surface area contributed by atoms with Crippen LogP contribution in [0.3, 0.4) is 0 Å². The number of rotatable bonds is 4. The Hall–Kier alpha value is -1.68. The van der Waals surface area contributed by atoms with E-state index in [-0.39, 0.29) is 5.82 Å². The van der Waals surface area contributed by atoms with Crippen molar-refractivity contribution in [3.63, 3.8) is 0 Å². The van der Waals surface area contributed by atoms with E-state index in [2.05, 4.69) is 0 Å². The van der Waals surface area contributed by atoms with Gasteiger partial charge in [0.05, 0.1) is 7.11 Å². The Kier molecular flexibility index (Phi) is 4.10. The summed E-state index contributed by atoms with van der Waals surface area (Å²) >= 11 is 1.53. The molecular weight excluding hydrogens is 249 g/mol. The van der Waals surface area contributed by atoms with Gasteiger partial charge in [-0.2, -0.15) is 0 Å². The van der Waals surface area contributed by atoms with Crippen molar-refractivity contribution in [3.8, 4) is 5.75 Å². The molecule has 0 amide bonds. The Bertz CT molecular complexity index is 545. The first-order chi connectivity index (χ1) is 8.70. The summed E-state index contributed by atoms with van der Waals surface area (Å²) in [6.45, 7) is 0. The molecule has 2 N–H and O–H groups in total. The SMILES string of the molecule is COc1cc(N)ccc1SCc1ccccc1F. The van der Waals surface area contributed by atoms with Crippen molar-refractivity contribution in [3.05, 3.63) is 53.8 Å². The van der Waals surface area contributed by atoms with Crippen LogP contribution in [0.1, 0.15) is 5.56 Å². The monoisotopic (exact) mass is 263 g/mol. The highest BCUT2D eigenvalue weighted by atomic mass is 32.2. The van der Waals surface area contributed by atoms with E-state index in [1.165, 1.54) is 17.8 Å². The Balaban J connectivity index is 2.13. The Morgan fingerprint density at radius 1 is 1.22 bits per heavy atom. The lowest BCUT2D eigenvalue weighted by Gasteiger charge is -2.09. The minimum absolute atomic E-state index is 0.181. The van der Waals surface area contributed by atoms with Gasteiger partial charge in [0, 0.05) is 22.4 Å². The maximum atomic E-state index is 13.5. The molecule has 0 fully saturated rings. The van der Waals surface area contributed by atoms with Crippen LogP contribution in [0, 0.1) is 5.82 Å². The molecule has 2 rings (SSSR count). The molecule has 0 bridgehead atoms. The van der Waals surface area contributed by atoms with Crippen LogP contribution >= 0.6 is 11.8 Å². The number of nitrogen functional groups attached to an aromatic ring is 1. The van der Waals surface area contributed by atoms with Crippen molar-refractivity contribution in [2.75, 3.05) is 12.8 Å². The van der Waals surface area contributed by atoms with Gasteiger partial charge < -0.3 is 10.5 Å². The van der Waals surface area contributed by atoms with Gasteiger partial charge in [-0.05, 0) is 23.8 Å². The van der Waals surface area contributed by atoms with Gasteiger partial charge in [0.15, 0.2) is 0 Å². The van der Waals surface area contributed by atoms with Crippen molar-refractivity contribution < 1.29 is 9.13 Å². The lowest BCUT2D eigenvalue weighted by molar-refractivity contribution is 0.405. The summed E-state index contributed by atoms with van der Waals surface area (Å²) in [4.78, 5) is 0.954. The molecule has 94 valence electrons.